The fourth-order valence-corrected chi connectivity index (χ4v) is 4.12. The molecule has 0 radical (unpaired) electrons. The van der Waals surface area contributed by atoms with Gasteiger partial charge in [0.2, 0.25) is 0 Å². The SMILES string of the molecule is COc1ccc(CCNC(N)=NCc2ccccc2CN2CC(C)OC(C)C2)cc1OC.I. The van der Waals surface area contributed by atoms with Crippen molar-refractivity contribution in [2.75, 3.05) is 33.9 Å². The van der Waals surface area contributed by atoms with E-state index in [4.69, 9.17) is 19.9 Å². The van der Waals surface area contributed by atoms with Gasteiger partial charge in [-0.1, -0.05) is 30.3 Å². The molecule has 1 saturated heterocycles. The van der Waals surface area contributed by atoms with Crippen LogP contribution in [0.25, 0.3) is 0 Å². The van der Waals surface area contributed by atoms with Gasteiger partial charge < -0.3 is 25.3 Å². The highest BCUT2D eigenvalue weighted by Crippen LogP contribution is 2.27. The summed E-state index contributed by atoms with van der Waals surface area (Å²) in [4.78, 5) is 7.02. The van der Waals surface area contributed by atoms with Crippen molar-refractivity contribution in [2.24, 2.45) is 10.7 Å². The number of guanidine groups is 1. The second kappa shape index (κ2) is 13.6. The maximum atomic E-state index is 6.13. The van der Waals surface area contributed by atoms with Crippen LogP contribution in [0.2, 0.25) is 0 Å². The molecule has 3 N–H and O–H groups in total. The van der Waals surface area contributed by atoms with Gasteiger partial charge in [0.25, 0.3) is 0 Å². The average Bonchev–Trinajstić information content (AvgIpc) is 2.77. The molecule has 8 heteroatoms. The monoisotopic (exact) mass is 568 g/mol. The molecule has 1 aliphatic rings. The fourth-order valence-electron chi connectivity index (χ4n) is 4.12. The summed E-state index contributed by atoms with van der Waals surface area (Å²) < 4.78 is 16.5. The van der Waals surface area contributed by atoms with Crippen LogP contribution in [0.1, 0.15) is 30.5 Å². The number of hydrogen-bond donors (Lipinski definition) is 2. The van der Waals surface area contributed by atoms with Gasteiger partial charge in [-0.3, -0.25) is 4.90 Å². The van der Waals surface area contributed by atoms with Crippen molar-refractivity contribution in [3.8, 4) is 11.5 Å². The van der Waals surface area contributed by atoms with E-state index in [0.717, 1.165) is 43.1 Å². The maximum Gasteiger partial charge on any atom is 0.188 e. The Morgan fingerprint density at radius 3 is 2.39 bits per heavy atom. The van der Waals surface area contributed by atoms with E-state index in [-0.39, 0.29) is 36.2 Å². The number of nitrogens with one attached hydrogen (secondary N) is 1. The third-order valence-electron chi connectivity index (χ3n) is 5.60. The molecule has 2 atom stereocenters. The van der Waals surface area contributed by atoms with Gasteiger partial charge in [-0.25, -0.2) is 4.99 Å². The lowest BCUT2D eigenvalue weighted by molar-refractivity contribution is -0.0705. The van der Waals surface area contributed by atoms with E-state index in [1.165, 1.54) is 11.1 Å². The molecule has 0 amide bonds. The maximum absolute atomic E-state index is 6.13. The Bertz CT molecular complexity index is 899. The zero-order valence-electron chi connectivity index (χ0n) is 20.0. The van der Waals surface area contributed by atoms with Gasteiger partial charge in [-0.15, -0.1) is 24.0 Å². The predicted molar refractivity (Wildman–Crippen MR) is 144 cm³/mol. The first-order chi connectivity index (χ1) is 15.5. The normalized spacial score (nSPS) is 19.0. The summed E-state index contributed by atoms with van der Waals surface area (Å²) in [6, 6.07) is 14.4. The fraction of sp³-hybridized carbons (Fsp3) is 0.480. The van der Waals surface area contributed by atoms with Crippen LogP contribution in [0.15, 0.2) is 47.5 Å². The molecule has 0 spiro atoms. The average molecular weight is 569 g/mol. The summed E-state index contributed by atoms with van der Waals surface area (Å²) in [7, 11) is 3.28. The molecule has 2 aromatic rings. The minimum Gasteiger partial charge on any atom is -0.493 e. The summed E-state index contributed by atoms with van der Waals surface area (Å²) in [6.45, 7) is 8.30. The first-order valence-electron chi connectivity index (χ1n) is 11.2. The number of nitrogens with zero attached hydrogens (tertiary/aromatic N) is 2. The first-order valence-corrected chi connectivity index (χ1v) is 11.2. The van der Waals surface area contributed by atoms with Crippen LogP contribution in [-0.2, 0) is 24.2 Å². The summed E-state index contributed by atoms with van der Waals surface area (Å²) >= 11 is 0. The van der Waals surface area contributed by atoms with Gasteiger partial charge in [0.05, 0.1) is 33.0 Å². The number of benzene rings is 2. The molecule has 182 valence electrons. The molecule has 0 aliphatic carbocycles. The molecular weight excluding hydrogens is 531 g/mol. The van der Waals surface area contributed by atoms with Crippen LogP contribution in [0.5, 0.6) is 11.5 Å². The number of ether oxygens (including phenoxy) is 3. The Kier molecular flexibility index (Phi) is 11.2. The first kappa shape index (κ1) is 27.2. The number of aliphatic imine (C=N–C) groups is 1. The van der Waals surface area contributed by atoms with Gasteiger partial charge in [-0.05, 0) is 49.1 Å². The topological polar surface area (TPSA) is 81.3 Å². The van der Waals surface area contributed by atoms with Gasteiger partial charge in [-0.2, -0.15) is 0 Å². The minimum absolute atomic E-state index is 0. The summed E-state index contributed by atoms with van der Waals surface area (Å²) in [5.74, 6) is 1.91. The van der Waals surface area contributed by atoms with Crippen molar-refractivity contribution in [1.82, 2.24) is 10.2 Å². The number of halogens is 1. The van der Waals surface area contributed by atoms with Crippen LogP contribution in [0.4, 0.5) is 0 Å². The molecule has 7 nitrogen and oxygen atoms in total. The van der Waals surface area contributed by atoms with Crippen molar-refractivity contribution in [3.05, 3.63) is 59.2 Å². The minimum atomic E-state index is 0. The summed E-state index contributed by atoms with van der Waals surface area (Å²) in [6.07, 6.45) is 1.32. The highest BCUT2D eigenvalue weighted by Gasteiger charge is 2.22. The Hall–Kier alpha value is -2.04. The molecule has 2 aromatic carbocycles. The number of methoxy groups -OCH3 is 2. The summed E-state index contributed by atoms with van der Waals surface area (Å²) in [5, 5.41) is 3.21. The van der Waals surface area contributed by atoms with E-state index >= 15 is 0 Å². The number of nitrogens with two attached hydrogens (primary N) is 1. The van der Waals surface area contributed by atoms with E-state index in [0.29, 0.717) is 19.0 Å². The van der Waals surface area contributed by atoms with Crippen LogP contribution in [-0.4, -0.2) is 56.9 Å². The molecule has 1 aliphatic heterocycles. The third kappa shape index (κ3) is 8.35. The second-order valence-electron chi connectivity index (χ2n) is 8.29. The second-order valence-corrected chi connectivity index (χ2v) is 8.29. The van der Waals surface area contributed by atoms with Gasteiger partial charge in [0, 0.05) is 26.2 Å². The van der Waals surface area contributed by atoms with Crippen LogP contribution < -0.4 is 20.5 Å². The lowest BCUT2D eigenvalue weighted by atomic mass is 10.1. The molecule has 33 heavy (non-hydrogen) atoms. The van der Waals surface area contributed by atoms with Crippen molar-refractivity contribution in [3.63, 3.8) is 0 Å². The number of hydrogen-bond acceptors (Lipinski definition) is 5. The third-order valence-corrected chi connectivity index (χ3v) is 5.60. The lowest BCUT2D eigenvalue weighted by Crippen LogP contribution is -2.44. The quantitative estimate of drug-likeness (QED) is 0.274. The standard InChI is InChI=1S/C25H36N4O3.HI/c1-18-15-29(16-19(2)32-18)17-22-8-6-5-7-21(22)14-28-25(26)27-12-11-20-9-10-23(30-3)24(13-20)31-4;/h5-10,13,18-19H,11-12,14-17H2,1-4H3,(H3,26,27,28);1H. The largest absolute Gasteiger partial charge is 0.493 e. The van der Waals surface area contributed by atoms with Crippen LogP contribution in [0.3, 0.4) is 0 Å². The summed E-state index contributed by atoms with van der Waals surface area (Å²) in [5.41, 5.74) is 9.75. The van der Waals surface area contributed by atoms with E-state index in [9.17, 15) is 0 Å². The van der Waals surface area contributed by atoms with Crippen LogP contribution in [0, 0.1) is 0 Å². The van der Waals surface area contributed by atoms with Gasteiger partial charge >= 0.3 is 0 Å². The lowest BCUT2D eigenvalue weighted by Gasteiger charge is -2.35. The highest BCUT2D eigenvalue weighted by atomic mass is 127. The molecule has 1 fully saturated rings. The molecule has 1 heterocycles. The smallest absolute Gasteiger partial charge is 0.188 e. The Morgan fingerprint density at radius 1 is 1.06 bits per heavy atom. The van der Waals surface area contributed by atoms with Crippen LogP contribution >= 0.6 is 24.0 Å². The van der Waals surface area contributed by atoms with Gasteiger partial charge in [0.15, 0.2) is 17.5 Å². The molecular formula is C25H37IN4O3. The zero-order valence-corrected chi connectivity index (χ0v) is 22.4. The van der Waals surface area contributed by atoms with Crippen molar-refractivity contribution in [1.29, 1.82) is 0 Å². The predicted octanol–water partition coefficient (Wildman–Crippen LogP) is 3.58. The van der Waals surface area contributed by atoms with E-state index in [2.05, 4.69) is 53.3 Å². The van der Waals surface area contributed by atoms with E-state index in [1.807, 2.05) is 18.2 Å². The van der Waals surface area contributed by atoms with Gasteiger partial charge in [0.1, 0.15) is 0 Å². The molecule has 3 rings (SSSR count). The van der Waals surface area contributed by atoms with E-state index < -0.39 is 0 Å². The molecule has 2 unspecified atom stereocenters. The number of rotatable bonds is 9. The molecule has 0 aromatic heterocycles. The van der Waals surface area contributed by atoms with Crippen molar-refractivity contribution < 1.29 is 14.2 Å². The Balaban J connectivity index is 0.00000385. The zero-order chi connectivity index (χ0) is 22.9. The van der Waals surface area contributed by atoms with Crippen molar-refractivity contribution in [2.45, 2.75) is 45.6 Å². The Morgan fingerprint density at radius 2 is 1.73 bits per heavy atom. The molecule has 0 bridgehead atoms. The number of morpholine rings is 1. The van der Waals surface area contributed by atoms with E-state index in [1.54, 1.807) is 14.2 Å². The highest BCUT2D eigenvalue weighted by molar-refractivity contribution is 14.0. The van der Waals surface area contributed by atoms with Crippen molar-refractivity contribution >= 4 is 29.9 Å². The Labute approximate surface area is 214 Å². The molecule has 0 saturated carbocycles.